The zero-order chi connectivity index (χ0) is 17.4. The highest BCUT2D eigenvalue weighted by atomic mass is 35.5. The molecule has 0 bridgehead atoms. The summed E-state index contributed by atoms with van der Waals surface area (Å²) in [6, 6.07) is 11.8. The van der Waals surface area contributed by atoms with Crippen LogP contribution in [0.4, 0.5) is 0 Å². The Morgan fingerprint density at radius 2 is 1.80 bits per heavy atom. The molecule has 0 aliphatic carbocycles. The SMILES string of the molecule is CN1C(=O)CCC12CCN(Cc1ccc(-c3ccc(Cl)cc3)o1)CC2. The zero-order valence-corrected chi connectivity index (χ0v) is 15.3. The maximum atomic E-state index is 11.9. The molecule has 25 heavy (non-hydrogen) atoms. The van der Waals surface area contributed by atoms with Crippen molar-refractivity contribution in [2.24, 2.45) is 0 Å². The maximum absolute atomic E-state index is 11.9. The third-order valence-electron chi connectivity index (χ3n) is 5.85. The second-order valence-electron chi connectivity index (χ2n) is 7.23. The second-order valence-corrected chi connectivity index (χ2v) is 7.66. The number of hydrogen-bond acceptors (Lipinski definition) is 3. The van der Waals surface area contributed by atoms with Gasteiger partial charge in [-0.25, -0.2) is 0 Å². The number of furan rings is 1. The molecule has 4 rings (SSSR count). The van der Waals surface area contributed by atoms with Crippen LogP contribution < -0.4 is 0 Å². The van der Waals surface area contributed by atoms with Crippen LogP contribution in [0.15, 0.2) is 40.8 Å². The number of nitrogens with zero attached hydrogens (tertiary/aromatic N) is 2. The molecule has 0 atom stereocenters. The third kappa shape index (κ3) is 3.21. The Kier molecular flexibility index (Phi) is 4.34. The fourth-order valence-corrected chi connectivity index (χ4v) is 4.23. The van der Waals surface area contributed by atoms with Gasteiger partial charge in [0.1, 0.15) is 11.5 Å². The molecule has 0 radical (unpaired) electrons. The molecule has 0 N–H and O–H groups in total. The molecule has 4 nitrogen and oxygen atoms in total. The molecular weight excluding hydrogens is 336 g/mol. The van der Waals surface area contributed by atoms with Gasteiger partial charge in [0.25, 0.3) is 0 Å². The van der Waals surface area contributed by atoms with E-state index >= 15 is 0 Å². The Morgan fingerprint density at radius 3 is 2.44 bits per heavy atom. The summed E-state index contributed by atoms with van der Waals surface area (Å²) in [4.78, 5) is 16.3. The van der Waals surface area contributed by atoms with E-state index in [0.29, 0.717) is 12.3 Å². The van der Waals surface area contributed by atoms with Gasteiger partial charge >= 0.3 is 0 Å². The molecule has 2 aliphatic rings. The van der Waals surface area contributed by atoms with Crippen LogP contribution in [-0.2, 0) is 11.3 Å². The number of halogens is 1. The quantitative estimate of drug-likeness (QED) is 0.825. The van der Waals surface area contributed by atoms with Gasteiger partial charge in [-0.15, -0.1) is 0 Å². The average molecular weight is 359 g/mol. The van der Waals surface area contributed by atoms with Gasteiger partial charge in [-0.2, -0.15) is 0 Å². The van der Waals surface area contributed by atoms with Gasteiger partial charge in [0, 0.05) is 42.7 Å². The summed E-state index contributed by atoms with van der Waals surface area (Å²) in [5, 5.41) is 0.730. The zero-order valence-electron chi connectivity index (χ0n) is 14.5. The summed E-state index contributed by atoms with van der Waals surface area (Å²) in [6.07, 6.45) is 3.83. The molecule has 2 fully saturated rings. The number of carbonyl (C=O) groups excluding carboxylic acids is 1. The number of benzene rings is 1. The normalized spacial score (nSPS) is 20.6. The lowest BCUT2D eigenvalue weighted by atomic mass is 9.85. The summed E-state index contributed by atoms with van der Waals surface area (Å²) in [5.74, 6) is 2.16. The minimum absolute atomic E-state index is 0.102. The van der Waals surface area contributed by atoms with Crippen LogP contribution in [-0.4, -0.2) is 41.4 Å². The molecule has 1 spiro atoms. The molecule has 2 saturated heterocycles. The highest BCUT2D eigenvalue weighted by Gasteiger charge is 2.44. The molecule has 1 aromatic carbocycles. The van der Waals surface area contributed by atoms with Gasteiger partial charge in [-0.3, -0.25) is 9.69 Å². The lowest BCUT2D eigenvalue weighted by Crippen LogP contribution is -2.51. The van der Waals surface area contributed by atoms with Gasteiger partial charge in [-0.1, -0.05) is 11.6 Å². The predicted octanol–water partition coefficient (Wildman–Crippen LogP) is 4.19. The first-order chi connectivity index (χ1) is 12.1. The molecule has 5 heteroatoms. The number of amides is 1. The highest BCUT2D eigenvalue weighted by Crippen LogP contribution is 2.38. The lowest BCUT2D eigenvalue weighted by Gasteiger charge is -2.43. The summed E-state index contributed by atoms with van der Waals surface area (Å²) in [6.45, 7) is 2.84. The van der Waals surface area contributed by atoms with Crippen molar-refractivity contribution < 1.29 is 9.21 Å². The highest BCUT2D eigenvalue weighted by molar-refractivity contribution is 6.30. The van der Waals surface area contributed by atoms with Crippen LogP contribution in [0.25, 0.3) is 11.3 Å². The van der Waals surface area contributed by atoms with E-state index in [0.717, 1.165) is 61.0 Å². The smallest absolute Gasteiger partial charge is 0.222 e. The van der Waals surface area contributed by atoms with Gasteiger partial charge < -0.3 is 9.32 Å². The molecule has 2 aliphatic heterocycles. The minimum atomic E-state index is 0.102. The molecule has 3 heterocycles. The maximum Gasteiger partial charge on any atom is 0.222 e. The second kappa shape index (κ2) is 6.50. The minimum Gasteiger partial charge on any atom is -0.460 e. The van der Waals surface area contributed by atoms with Crippen LogP contribution in [0.5, 0.6) is 0 Å². The Hall–Kier alpha value is -1.78. The van der Waals surface area contributed by atoms with E-state index in [1.807, 2.05) is 42.3 Å². The molecular formula is C20H23ClN2O2. The van der Waals surface area contributed by atoms with Gasteiger partial charge in [0.2, 0.25) is 5.91 Å². The third-order valence-corrected chi connectivity index (χ3v) is 6.10. The summed E-state index contributed by atoms with van der Waals surface area (Å²) < 4.78 is 6.02. The van der Waals surface area contributed by atoms with Crippen LogP contribution in [0.2, 0.25) is 5.02 Å². The van der Waals surface area contributed by atoms with Crippen LogP contribution in [0, 0.1) is 0 Å². The van der Waals surface area contributed by atoms with Crippen molar-refractivity contribution in [2.75, 3.05) is 20.1 Å². The van der Waals surface area contributed by atoms with Crippen molar-refractivity contribution >= 4 is 17.5 Å². The average Bonchev–Trinajstić information content (AvgIpc) is 3.19. The van der Waals surface area contributed by atoms with E-state index in [9.17, 15) is 4.79 Å². The first-order valence-electron chi connectivity index (χ1n) is 8.89. The van der Waals surface area contributed by atoms with Gasteiger partial charge in [0.15, 0.2) is 0 Å². The lowest BCUT2D eigenvalue weighted by molar-refractivity contribution is -0.130. The number of rotatable bonds is 3. The Morgan fingerprint density at radius 1 is 1.08 bits per heavy atom. The first-order valence-corrected chi connectivity index (χ1v) is 9.27. The monoisotopic (exact) mass is 358 g/mol. The van der Waals surface area contributed by atoms with Gasteiger partial charge in [-0.05, 0) is 55.7 Å². The van der Waals surface area contributed by atoms with E-state index in [2.05, 4.69) is 11.0 Å². The van der Waals surface area contributed by atoms with E-state index in [4.69, 9.17) is 16.0 Å². The Labute approximate surface area is 153 Å². The standard InChI is InChI=1S/C20H23ClN2O2/c1-22-19(24)8-9-20(22)10-12-23(13-11-20)14-17-6-7-18(25-17)15-2-4-16(21)5-3-15/h2-7H,8-14H2,1H3. The van der Waals surface area contributed by atoms with Crippen molar-refractivity contribution in [3.63, 3.8) is 0 Å². The molecule has 1 amide bonds. The number of carbonyl (C=O) groups is 1. The van der Waals surface area contributed by atoms with Crippen molar-refractivity contribution in [2.45, 2.75) is 37.8 Å². The fraction of sp³-hybridized carbons (Fsp3) is 0.450. The Balaban J connectivity index is 1.38. The summed E-state index contributed by atoms with van der Waals surface area (Å²) >= 11 is 5.94. The number of hydrogen-bond donors (Lipinski definition) is 0. The summed E-state index contributed by atoms with van der Waals surface area (Å²) in [7, 11) is 1.97. The molecule has 2 aromatic rings. The van der Waals surface area contributed by atoms with E-state index in [1.54, 1.807) is 0 Å². The molecule has 132 valence electrons. The van der Waals surface area contributed by atoms with E-state index < -0.39 is 0 Å². The topological polar surface area (TPSA) is 36.7 Å². The van der Waals surface area contributed by atoms with Crippen molar-refractivity contribution in [1.82, 2.24) is 9.80 Å². The predicted molar refractivity (Wildman–Crippen MR) is 98.4 cm³/mol. The molecule has 1 aromatic heterocycles. The molecule has 0 saturated carbocycles. The van der Waals surface area contributed by atoms with Gasteiger partial charge in [0.05, 0.1) is 6.54 Å². The van der Waals surface area contributed by atoms with Crippen molar-refractivity contribution in [3.05, 3.63) is 47.2 Å². The van der Waals surface area contributed by atoms with E-state index in [-0.39, 0.29) is 5.54 Å². The van der Waals surface area contributed by atoms with Crippen LogP contribution in [0.3, 0.4) is 0 Å². The van der Waals surface area contributed by atoms with Crippen LogP contribution in [0.1, 0.15) is 31.4 Å². The van der Waals surface area contributed by atoms with E-state index in [1.165, 1.54) is 0 Å². The number of likely N-dealkylation sites (tertiary alicyclic amines) is 2. The number of piperidine rings is 1. The first kappa shape index (κ1) is 16.7. The van der Waals surface area contributed by atoms with Crippen LogP contribution >= 0.6 is 11.6 Å². The fourth-order valence-electron chi connectivity index (χ4n) is 4.10. The van der Waals surface area contributed by atoms with Crippen molar-refractivity contribution in [3.8, 4) is 11.3 Å². The largest absolute Gasteiger partial charge is 0.460 e. The Bertz CT molecular complexity index is 760. The molecule has 0 unspecified atom stereocenters. The van der Waals surface area contributed by atoms with Crippen molar-refractivity contribution in [1.29, 1.82) is 0 Å². The summed E-state index contributed by atoms with van der Waals surface area (Å²) in [5.41, 5.74) is 1.14.